The van der Waals surface area contributed by atoms with E-state index in [1.807, 2.05) is 6.07 Å². The predicted molar refractivity (Wildman–Crippen MR) is 58.3 cm³/mol. The molecule has 2 heteroatoms. The summed E-state index contributed by atoms with van der Waals surface area (Å²) in [7, 11) is 0. The van der Waals surface area contributed by atoms with Crippen molar-refractivity contribution in [2.45, 2.75) is 19.4 Å². The Kier molecular flexibility index (Phi) is 4.87. The second kappa shape index (κ2) is 6.01. The normalized spacial score (nSPS) is 12.8. The minimum absolute atomic E-state index is 0.397. The summed E-state index contributed by atoms with van der Waals surface area (Å²) in [5, 5.41) is 3.35. The van der Waals surface area contributed by atoms with Crippen molar-refractivity contribution in [2.75, 3.05) is 12.4 Å². The van der Waals surface area contributed by atoms with E-state index >= 15 is 0 Å². The van der Waals surface area contributed by atoms with Gasteiger partial charge in [0.25, 0.3) is 0 Å². The van der Waals surface area contributed by atoms with Gasteiger partial charge in [-0.15, -0.1) is 11.6 Å². The van der Waals surface area contributed by atoms with Crippen LogP contribution in [0, 0.1) is 0 Å². The summed E-state index contributed by atoms with van der Waals surface area (Å²) in [6.45, 7) is 3.08. The first-order valence-electron chi connectivity index (χ1n) is 4.70. The van der Waals surface area contributed by atoms with Gasteiger partial charge in [-0.2, -0.15) is 0 Å². The molecule has 0 spiro atoms. The molecule has 0 aromatic heterocycles. The highest BCUT2D eigenvalue weighted by atomic mass is 35.5. The van der Waals surface area contributed by atoms with Crippen LogP contribution in [0.25, 0.3) is 0 Å². The molecule has 1 atom stereocenters. The zero-order valence-electron chi connectivity index (χ0n) is 7.96. The molecule has 0 amide bonds. The van der Waals surface area contributed by atoms with Crippen molar-refractivity contribution in [3.8, 4) is 0 Å². The summed E-state index contributed by atoms with van der Waals surface area (Å²) >= 11 is 5.83. The lowest BCUT2D eigenvalue weighted by Crippen LogP contribution is -2.32. The molecule has 1 aromatic carbocycles. The van der Waals surface area contributed by atoms with Gasteiger partial charge in [-0.1, -0.05) is 37.3 Å². The van der Waals surface area contributed by atoms with Gasteiger partial charge in [0.2, 0.25) is 0 Å². The van der Waals surface area contributed by atoms with E-state index in [4.69, 9.17) is 11.6 Å². The fourth-order valence-corrected chi connectivity index (χ4v) is 1.59. The minimum Gasteiger partial charge on any atom is -0.313 e. The van der Waals surface area contributed by atoms with E-state index in [9.17, 15) is 0 Å². The third kappa shape index (κ3) is 3.79. The second-order valence-corrected chi connectivity index (χ2v) is 3.41. The maximum atomic E-state index is 5.83. The van der Waals surface area contributed by atoms with Crippen LogP contribution in [-0.2, 0) is 6.42 Å². The zero-order chi connectivity index (χ0) is 9.52. The number of benzene rings is 1. The Hall–Kier alpha value is -0.530. The van der Waals surface area contributed by atoms with E-state index in [1.165, 1.54) is 5.56 Å². The highest BCUT2D eigenvalue weighted by Gasteiger charge is 2.05. The number of halogens is 1. The molecule has 0 aliphatic rings. The molecule has 1 nitrogen and oxygen atoms in total. The second-order valence-electron chi connectivity index (χ2n) is 3.10. The topological polar surface area (TPSA) is 12.0 Å². The Morgan fingerprint density at radius 1 is 1.31 bits per heavy atom. The lowest BCUT2D eigenvalue weighted by atomic mass is 10.1. The van der Waals surface area contributed by atoms with Gasteiger partial charge in [0, 0.05) is 11.9 Å². The molecule has 0 radical (unpaired) electrons. The average molecular weight is 198 g/mol. The Morgan fingerprint density at radius 2 is 2.00 bits per heavy atom. The molecule has 0 saturated heterocycles. The van der Waals surface area contributed by atoms with Crippen molar-refractivity contribution in [1.29, 1.82) is 0 Å². The molecule has 1 unspecified atom stereocenters. The van der Waals surface area contributed by atoms with Gasteiger partial charge in [0.05, 0.1) is 0 Å². The summed E-state index contributed by atoms with van der Waals surface area (Å²) in [6, 6.07) is 10.8. The molecule has 0 aliphatic carbocycles. The van der Waals surface area contributed by atoms with E-state index in [0.29, 0.717) is 11.9 Å². The number of alkyl halides is 1. The maximum absolute atomic E-state index is 5.83. The standard InChI is InChI=1S/C11H16ClN/c1-2-13-11(9-12)8-10-6-4-3-5-7-10/h3-7,11,13H,2,8-9H2,1H3. The number of likely N-dealkylation sites (N-methyl/N-ethyl adjacent to an activating group) is 1. The first kappa shape index (κ1) is 10.6. The summed E-state index contributed by atoms with van der Waals surface area (Å²) in [5.74, 6) is 0.669. The Balaban J connectivity index is 2.46. The van der Waals surface area contributed by atoms with Gasteiger partial charge < -0.3 is 5.32 Å². The fourth-order valence-electron chi connectivity index (χ4n) is 1.37. The van der Waals surface area contributed by atoms with Gasteiger partial charge in [0.15, 0.2) is 0 Å². The third-order valence-electron chi connectivity index (χ3n) is 2.00. The number of nitrogens with one attached hydrogen (secondary N) is 1. The highest BCUT2D eigenvalue weighted by Crippen LogP contribution is 2.03. The van der Waals surface area contributed by atoms with Crippen molar-refractivity contribution in [2.24, 2.45) is 0 Å². The molecule has 13 heavy (non-hydrogen) atoms. The lowest BCUT2D eigenvalue weighted by Gasteiger charge is -2.14. The Bertz CT molecular complexity index is 223. The SMILES string of the molecule is CCNC(CCl)Cc1ccccc1. The number of rotatable bonds is 5. The summed E-state index contributed by atoms with van der Waals surface area (Å²) in [4.78, 5) is 0. The Labute approximate surface area is 85.1 Å². The molecule has 0 fully saturated rings. The van der Waals surface area contributed by atoms with Crippen LogP contribution in [0.3, 0.4) is 0 Å². The van der Waals surface area contributed by atoms with Gasteiger partial charge in [-0.3, -0.25) is 0 Å². The Morgan fingerprint density at radius 3 is 2.54 bits per heavy atom. The van der Waals surface area contributed by atoms with E-state index in [2.05, 4.69) is 36.5 Å². The molecule has 1 N–H and O–H groups in total. The summed E-state index contributed by atoms with van der Waals surface area (Å²) < 4.78 is 0. The molecule has 0 saturated carbocycles. The van der Waals surface area contributed by atoms with E-state index in [1.54, 1.807) is 0 Å². The molecule has 72 valence electrons. The van der Waals surface area contributed by atoms with Crippen molar-refractivity contribution in [1.82, 2.24) is 5.32 Å². The quantitative estimate of drug-likeness (QED) is 0.716. The first-order chi connectivity index (χ1) is 6.36. The van der Waals surface area contributed by atoms with Crippen molar-refractivity contribution >= 4 is 11.6 Å². The minimum atomic E-state index is 0.397. The molecule has 0 aliphatic heterocycles. The average Bonchev–Trinajstić information content (AvgIpc) is 2.19. The first-order valence-corrected chi connectivity index (χ1v) is 5.23. The molecule has 1 rings (SSSR count). The van der Waals surface area contributed by atoms with Crippen LogP contribution in [0.5, 0.6) is 0 Å². The van der Waals surface area contributed by atoms with Gasteiger partial charge in [0.1, 0.15) is 0 Å². The van der Waals surface area contributed by atoms with Gasteiger partial charge in [-0.25, -0.2) is 0 Å². The van der Waals surface area contributed by atoms with Crippen LogP contribution in [0.2, 0.25) is 0 Å². The fraction of sp³-hybridized carbons (Fsp3) is 0.455. The van der Waals surface area contributed by atoms with Crippen LogP contribution >= 0.6 is 11.6 Å². The molecule has 1 aromatic rings. The van der Waals surface area contributed by atoms with Gasteiger partial charge in [-0.05, 0) is 18.5 Å². The van der Waals surface area contributed by atoms with Crippen LogP contribution in [-0.4, -0.2) is 18.5 Å². The van der Waals surface area contributed by atoms with Crippen molar-refractivity contribution < 1.29 is 0 Å². The van der Waals surface area contributed by atoms with Crippen molar-refractivity contribution in [3.63, 3.8) is 0 Å². The van der Waals surface area contributed by atoms with E-state index < -0.39 is 0 Å². The largest absolute Gasteiger partial charge is 0.313 e. The maximum Gasteiger partial charge on any atom is 0.0380 e. The third-order valence-corrected chi connectivity index (χ3v) is 2.38. The van der Waals surface area contributed by atoms with Crippen LogP contribution in [0.4, 0.5) is 0 Å². The molecule has 0 heterocycles. The smallest absolute Gasteiger partial charge is 0.0380 e. The zero-order valence-corrected chi connectivity index (χ0v) is 8.72. The molecular formula is C11H16ClN. The molecule has 0 bridgehead atoms. The highest BCUT2D eigenvalue weighted by molar-refractivity contribution is 6.18. The van der Waals surface area contributed by atoms with Crippen LogP contribution in [0.15, 0.2) is 30.3 Å². The summed E-state index contributed by atoms with van der Waals surface area (Å²) in [6.07, 6.45) is 1.01. The van der Waals surface area contributed by atoms with Crippen LogP contribution < -0.4 is 5.32 Å². The number of hydrogen-bond donors (Lipinski definition) is 1. The van der Waals surface area contributed by atoms with E-state index in [0.717, 1.165) is 13.0 Å². The predicted octanol–water partition coefficient (Wildman–Crippen LogP) is 2.45. The molecular weight excluding hydrogens is 182 g/mol. The number of hydrogen-bond acceptors (Lipinski definition) is 1. The van der Waals surface area contributed by atoms with Crippen molar-refractivity contribution in [3.05, 3.63) is 35.9 Å². The van der Waals surface area contributed by atoms with E-state index in [-0.39, 0.29) is 0 Å². The monoisotopic (exact) mass is 197 g/mol. The van der Waals surface area contributed by atoms with Crippen LogP contribution in [0.1, 0.15) is 12.5 Å². The summed E-state index contributed by atoms with van der Waals surface area (Å²) in [5.41, 5.74) is 1.34. The lowest BCUT2D eigenvalue weighted by molar-refractivity contribution is 0.570. The van der Waals surface area contributed by atoms with Gasteiger partial charge >= 0.3 is 0 Å².